The average Bonchev–Trinajstić information content (AvgIpc) is 1.98. The quantitative estimate of drug-likeness (QED) is 0.568. The standard InChI is InChI=1S/C10H15N/c1-3-4-9-7-10(11)6-5-8(9)2/h3-9H,11H2,1-2H3/b4-3-. The first-order valence-electron chi connectivity index (χ1n) is 4.02. The van der Waals surface area contributed by atoms with Gasteiger partial charge >= 0.3 is 0 Å². The molecule has 11 heavy (non-hydrogen) atoms. The van der Waals surface area contributed by atoms with Gasteiger partial charge in [0.25, 0.3) is 0 Å². The fraction of sp³-hybridized carbons (Fsp3) is 0.400. The lowest BCUT2D eigenvalue weighted by Crippen LogP contribution is -2.11. The maximum atomic E-state index is 5.66. The van der Waals surface area contributed by atoms with Crippen LogP contribution in [0, 0.1) is 11.8 Å². The summed E-state index contributed by atoms with van der Waals surface area (Å²) in [7, 11) is 0. The van der Waals surface area contributed by atoms with Crippen molar-refractivity contribution in [2.24, 2.45) is 17.6 Å². The molecule has 0 spiro atoms. The molecule has 1 aliphatic carbocycles. The van der Waals surface area contributed by atoms with E-state index in [1.165, 1.54) is 0 Å². The molecular weight excluding hydrogens is 134 g/mol. The largest absolute Gasteiger partial charge is 0.399 e. The van der Waals surface area contributed by atoms with Crippen molar-refractivity contribution in [3.05, 3.63) is 36.1 Å². The van der Waals surface area contributed by atoms with Crippen LogP contribution in [0.1, 0.15) is 13.8 Å². The van der Waals surface area contributed by atoms with Crippen molar-refractivity contribution in [2.75, 3.05) is 0 Å². The Hall–Kier alpha value is -0.980. The number of hydrogen-bond donors (Lipinski definition) is 1. The first kappa shape index (κ1) is 8.12. The molecule has 1 heteroatoms. The minimum absolute atomic E-state index is 0.491. The molecule has 2 N–H and O–H groups in total. The molecule has 0 aromatic rings. The lowest BCUT2D eigenvalue weighted by molar-refractivity contribution is 0.599. The molecule has 0 saturated heterocycles. The Morgan fingerprint density at radius 2 is 2.27 bits per heavy atom. The van der Waals surface area contributed by atoms with Crippen molar-refractivity contribution in [1.82, 2.24) is 0 Å². The second-order valence-electron chi connectivity index (χ2n) is 2.99. The van der Waals surface area contributed by atoms with Crippen LogP contribution in [0.2, 0.25) is 0 Å². The van der Waals surface area contributed by atoms with Gasteiger partial charge in [0.2, 0.25) is 0 Å². The number of nitrogens with two attached hydrogens (primary N) is 1. The van der Waals surface area contributed by atoms with Crippen LogP contribution in [0.15, 0.2) is 36.1 Å². The Labute approximate surface area is 68.3 Å². The number of rotatable bonds is 1. The third kappa shape index (κ3) is 1.97. The second-order valence-corrected chi connectivity index (χ2v) is 2.99. The summed E-state index contributed by atoms with van der Waals surface area (Å²) in [6.07, 6.45) is 10.5. The number of hydrogen-bond acceptors (Lipinski definition) is 1. The lowest BCUT2D eigenvalue weighted by Gasteiger charge is -2.18. The zero-order valence-electron chi connectivity index (χ0n) is 7.12. The smallest absolute Gasteiger partial charge is 0.0276 e. The molecule has 0 aliphatic heterocycles. The molecule has 1 nitrogen and oxygen atoms in total. The van der Waals surface area contributed by atoms with E-state index in [1.54, 1.807) is 0 Å². The minimum Gasteiger partial charge on any atom is -0.399 e. The molecule has 0 bridgehead atoms. The number of allylic oxidation sites excluding steroid dienone is 5. The summed E-state index contributed by atoms with van der Waals surface area (Å²) in [4.78, 5) is 0. The van der Waals surface area contributed by atoms with Crippen LogP contribution >= 0.6 is 0 Å². The SMILES string of the molecule is C/C=C\C1C=C(N)C=CC1C. The van der Waals surface area contributed by atoms with Gasteiger partial charge in [-0.1, -0.05) is 31.2 Å². The zero-order chi connectivity index (χ0) is 8.27. The zero-order valence-corrected chi connectivity index (χ0v) is 7.12. The molecule has 2 atom stereocenters. The summed E-state index contributed by atoms with van der Waals surface area (Å²) in [6.45, 7) is 4.24. The lowest BCUT2D eigenvalue weighted by atomic mass is 9.89. The van der Waals surface area contributed by atoms with E-state index in [0.29, 0.717) is 11.8 Å². The molecule has 2 unspecified atom stereocenters. The highest BCUT2D eigenvalue weighted by atomic mass is 14.6. The monoisotopic (exact) mass is 149 g/mol. The molecule has 0 heterocycles. The van der Waals surface area contributed by atoms with E-state index in [-0.39, 0.29) is 0 Å². The summed E-state index contributed by atoms with van der Waals surface area (Å²) in [5.41, 5.74) is 6.54. The van der Waals surface area contributed by atoms with E-state index in [4.69, 9.17) is 5.73 Å². The Kier molecular flexibility index (Phi) is 2.53. The average molecular weight is 149 g/mol. The van der Waals surface area contributed by atoms with Crippen molar-refractivity contribution in [1.29, 1.82) is 0 Å². The van der Waals surface area contributed by atoms with Gasteiger partial charge < -0.3 is 5.73 Å². The highest BCUT2D eigenvalue weighted by molar-refractivity contribution is 5.24. The van der Waals surface area contributed by atoms with Crippen molar-refractivity contribution < 1.29 is 0 Å². The fourth-order valence-corrected chi connectivity index (χ4v) is 1.27. The Balaban J connectivity index is 2.73. The second kappa shape index (κ2) is 3.42. The van der Waals surface area contributed by atoms with E-state index >= 15 is 0 Å². The first-order chi connectivity index (χ1) is 5.24. The van der Waals surface area contributed by atoms with E-state index in [2.05, 4.69) is 31.2 Å². The predicted molar refractivity (Wildman–Crippen MR) is 48.9 cm³/mol. The molecule has 1 rings (SSSR count). The van der Waals surface area contributed by atoms with Gasteiger partial charge in [-0.05, 0) is 18.9 Å². The Bertz CT molecular complexity index is 211. The van der Waals surface area contributed by atoms with Gasteiger partial charge in [-0.2, -0.15) is 0 Å². The van der Waals surface area contributed by atoms with Gasteiger partial charge in [-0.3, -0.25) is 0 Å². The summed E-state index contributed by atoms with van der Waals surface area (Å²) in [6, 6.07) is 0. The van der Waals surface area contributed by atoms with Crippen LogP contribution in [0.5, 0.6) is 0 Å². The summed E-state index contributed by atoms with van der Waals surface area (Å²) >= 11 is 0. The van der Waals surface area contributed by atoms with Crippen LogP contribution in [-0.4, -0.2) is 0 Å². The first-order valence-corrected chi connectivity index (χ1v) is 4.02. The van der Waals surface area contributed by atoms with E-state index < -0.39 is 0 Å². The molecule has 0 saturated carbocycles. The molecule has 0 fully saturated rings. The van der Waals surface area contributed by atoms with Gasteiger partial charge in [0.1, 0.15) is 0 Å². The third-order valence-electron chi connectivity index (χ3n) is 2.00. The molecule has 0 aromatic heterocycles. The van der Waals surface area contributed by atoms with Crippen LogP contribution in [0.25, 0.3) is 0 Å². The van der Waals surface area contributed by atoms with E-state index in [1.807, 2.05) is 13.0 Å². The van der Waals surface area contributed by atoms with Crippen LogP contribution < -0.4 is 5.73 Å². The van der Waals surface area contributed by atoms with Gasteiger partial charge in [0.15, 0.2) is 0 Å². The van der Waals surface area contributed by atoms with Crippen molar-refractivity contribution in [3.63, 3.8) is 0 Å². The summed E-state index contributed by atoms with van der Waals surface area (Å²) < 4.78 is 0. The van der Waals surface area contributed by atoms with Gasteiger partial charge in [0, 0.05) is 11.6 Å². The summed E-state index contributed by atoms with van der Waals surface area (Å²) in [5, 5.41) is 0. The molecule has 1 aliphatic rings. The maximum absolute atomic E-state index is 5.66. The van der Waals surface area contributed by atoms with E-state index in [0.717, 1.165) is 5.70 Å². The molecule has 0 amide bonds. The van der Waals surface area contributed by atoms with E-state index in [9.17, 15) is 0 Å². The molecule has 0 aromatic carbocycles. The third-order valence-corrected chi connectivity index (χ3v) is 2.00. The molecule has 0 radical (unpaired) electrons. The van der Waals surface area contributed by atoms with Crippen molar-refractivity contribution in [2.45, 2.75) is 13.8 Å². The highest BCUT2D eigenvalue weighted by Gasteiger charge is 2.11. The Morgan fingerprint density at radius 1 is 1.55 bits per heavy atom. The minimum atomic E-state index is 0.491. The van der Waals surface area contributed by atoms with Crippen LogP contribution in [0.4, 0.5) is 0 Å². The fourth-order valence-electron chi connectivity index (χ4n) is 1.27. The highest BCUT2D eigenvalue weighted by Crippen LogP contribution is 2.21. The topological polar surface area (TPSA) is 26.0 Å². The predicted octanol–water partition coefficient (Wildman–Crippen LogP) is 2.23. The van der Waals surface area contributed by atoms with Gasteiger partial charge in [-0.25, -0.2) is 0 Å². The normalized spacial score (nSPS) is 30.9. The Morgan fingerprint density at radius 3 is 2.91 bits per heavy atom. The maximum Gasteiger partial charge on any atom is 0.0276 e. The van der Waals surface area contributed by atoms with Gasteiger partial charge in [0.05, 0.1) is 0 Å². The molecular formula is C10H15N. The summed E-state index contributed by atoms with van der Waals surface area (Å²) in [5.74, 6) is 1.07. The van der Waals surface area contributed by atoms with Crippen molar-refractivity contribution in [3.8, 4) is 0 Å². The van der Waals surface area contributed by atoms with Crippen molar-refractivity contribution >= 4 is 0 Å². The molecule has 60 valence electrons. The van der Waals surface area contributed by atoms with Crippen LogP contribution in [-0.2, 0) is 0 Å². The van der Waals surface area contributed by atoms with Gasteiger partial charge in [-0.15, -0.1) is 0 Å². The van der Waals surface area contributed by atoms with Crippen LogP contribution in [0.3, 0.4) is 0 Å².